The average Bonchev–Trinajstić information content (AvgIpc) is 3.50. The smallest absolute Gasteiger partial charge is 0.118 e. The highest BCUT2D eigenvalue weighted by Crippen LogP contribution is 2.26. The van der Waals surface area contributed by atoms with Gasteiger partial charge in [-0.2, -0.15) is 0 Å². The zero-order valence-corrected chi connectivity index (χ0v) is 14.9. The first-order valence-electron chi connectivity index (χ1n) is 8.74. The molecule has 1 fully saturated rings. The molecule has 3 rings (SSSR count). The summed E-state index contributed by atoms with van der Waals surface area (Å²) in [6.07, 6.45) is 0.305. The van der Waals surface area contributed by atoms with E-state index >= 15 is 0 Å². The maximum Gasteiger partial charge on any atom is 0.118 e. The minimum atomic E-state index is 0.0123. The van der Waals surface area contributed by atoms with Gasteiger partial charge in [-0.3, -0.25) is 0 Å². The minimum absolute atomic E-state index is 0.0123. The van der Waals surface area contributed by atoms with Crippen molar-refractivity contribution in [2.45, 2.75) is 32.3 Å². The molecule has 1 unspecified atom stereocenters. The monoisotopic (exact) mass is 342 g/mol. The van der Waals surface area contributed by atoms with Gasteiger partial charge < -0.3 is 18.9 Å². The average molecular weight is 342 g/mol. The van der Waals surface area contributed by atoms with Gasteiger partial charge in [0.15, 0.2) is 0 Å². The van der Waals surface area contributed by atoms with Crippen molar-refractivity contribution >= 4 is 0 Å². The van der Waals surface area contributed by atoms with E-state index in [1.54, 1.807) is 7.11 Å². The molecular weight excluding hydrogens is 316 g/mol. The molecule has 4 heteroatoms. The second-order valence-corrected chi connectivity index (χ2v) is 6.43. The summed E-state index contributed by atoms with van der Waals surface area (Å²) in [5.74, 6) is 1.17. The summed E-state index contributed by atoms with van der Waals surface area (Å²) in [7, 11) is 1.67. The van der Waals surface area contributed by atoms with E-state index in [0.717, 1.165) is 17.9 Å². The number of benzene rings is 2. The lowest BCUT2D eigenvalue weighted by atomic mass is 10.0. The topological polar surface area (TPSA) is 40.2 Å². The van der Waals surface area contributed by atoms with E-state index in [1.165, 1.54) is 5.56 Å². The molecule has 1 heterocycles. The Morgan fingerprint density at radius 1 is 1.00 bits per heavy atom. The lowest BCUT2D eigenvalue weighted by Crippen LogP contribution is -2.30. The molecule has 1 saturated heterocycles. The van der Waals surface area contributed by atoms with E-state index in [4.69, 9.17) is 18.9 Å². The van der Waals surface area contributed by atoms with E-state index in [2.05, 4.69) is 19.1 Å². The summed E-state index contributed by atoms with van der Waals surface area (Å²) in [6.45, 7) is 4.71. The van der Waals surface area contributed by atoms with Gasteiger partial charge in [0.25, 0.3) is 0 Å². The molecule has 2 aromatic carbocycles. The number of ether oxygens (including phenoxy) is 4. The summed E-state index contributed by atoms with van der Waals surface area (Å²) in [5, 5.41) is 0. The number of hydrogen-bond donors (Lipinski definition) is 0. The molecule has 4 nitrogen and oxygen atoms in total. The Balaban J connectivity index is 1.51. The molecule has 0 radical (unpaired) electrons. The highest BCUT2D eigenvalue weighted by Gasteiger charge is 2.35. The zero-order valence-electron chi connectivity index (χ0n) is 14.9. The maximum absolute atomic E-state index is 6.16. The number of rotatable bonds is 10. The summed E-state index contributed by atoms with van der Waals surface area (Å²) >= 11 is 0. The first-order chi connectivity index (χ1) is 12.3. The van der Waals surface area contributed by atoms with Crippen LogP contribution in [0.1, 0.15) is 18.1 Å². The van der Waals surface area contributed by atoms with E-state index < -0.39 is 0 Å². The van der Waals surface area contributed by atoms with Crippen LogP contribution < -0.4 is 4.74 Å². The molecule has 0 bridgehead atoms. The van der Waals surface area contributed by atoms with Crippen molar-refractivity contribution in [3.05, 3.63) is 65.7 Å². The molecule has 0 N–H and O–H groups in total. The van der Waals surface area contributed by atoms with Crippen molar-refractivity contribution in [1.29, 1.82) is 0 Å². The Morgan fingerprint density at radius 3 is 2.32 bits per heavy atom. The normalized spacial score (nSPS) is 18.6. The molecule has 0 saturated carbocycles. The minimum Gasteiger partial charge on any atom is -0.497 e. The molecule has 25 heavy (non-hydrogen) atoms. The Bertz CT molecular complexity index is 622. The van der Waals surface area contributed by atoms with Crippen LogP contribution in [-0.4, -0.2) is 32.5 Å². The van der Waals surface area contributed by atoms with Gasteiger partial charge >= 0.3 is 0 Å². The first kappa shape index (κ1) is 17.9. The highest BCUT2D eigenvalue weighted by atomic mass is 16.6. The van der Waals surface area contributed by atoms with Crippen LogP contribution in [0.2, 0.25) is 0 Å². The SMILES string of the molecule is COc1ccc(CO[C@@H](COCc2ccccc2)[C@@H](C)C2CO2)cc1. The van der Waals surface area contributed by atoms with Crippen LogP contribution >= 0.6 is 0 Å². The van der Waals surface area contributed by atoms with Crippen molar-refractivity contribution in [1.82, 2.24) is 0 Å². The van der Waals surface area contributed by atoms with Crippen molar-refractivity contribution in [3.63, 3.8) is 0 Å². The van der Waals surface area contributed by atoms with Gasteiger partial charge in [-0.25, -0.2) is 0 Å². The van der Waals surface area contributed by atoms with Crippen LogP contribution in [0.4, 0.5) is 0 Å². The first-order valence-corrected chi connectivity index (χ1v) is 8.74. The van der Waals surface area contributed by atoms with E-state index in [-0.39, 0.29) is 6.10 Å². The van der Waals surface area contributed by atoms with Crippen LogP contribution in [0.25, 0.3) is 0 Å². The molecule has 2 aromatic rings. The fraction of sp³-hybridized carbons (Fsp3) is 0.429. The van der Waals surface area contributed by atoms with Crippen molar-refractivity contribution in [3.8, 4) is 5.75 Å². The summed E-state index contributed by atoms with van der Waals surface area (Å²) in [4.78, 5) is 0. The second kappa shape index (κ2) is 8.99. The molecule has 1 aliphatic rings. The van der Waals surface area contributed by atoms with E-state index in [1.807, 2.05) is 42.5 Å². The third-order valence-corrected chi connectivity index (χ3v) is 4.55. The Morgan fingerprint density at radius 2 is 1.68 bits per heavy atom. The summed E-state index contributed by atoms with van der Waals surface area (Å²) in [5.41, 5.74) is 2.30. The quantitative estimate of drug-likeness (QED) is 0.615. The molecular formula is C21H26O4. The zero-order chi connectivity index (χ0) is 17.5. The Labute approximate surface area is 149 Å². The molecule has 0 amide bonds. The van der Waals surface area contributed by atoms with Crippen LogP contribution in [0, 0.1) is 5.92 Å². The van der Waals surface area contributed by atoms with Gasteiger partial charge in [0.05, 0.1) is 45.7 Å². The standard InChI is InChI=1S/C21H26O4/c1-16(21-15-25-21)20(14-23-12-17-6-4-3-5-7-17)24-13-18-8-10-19(22-2)11-9-18/h3-11,16,20-21H,12-15H2,1-2H3/t16-,20+,21?/m1/s1. The molecule has 134 valence electrons. The third kappa shape index (κ3) is 5.56. The predicted molar refractivity (Wildman–Crippen MR) is 96.6 cm³/mol. The number of hydrogen-bond acceptors (Lipinski definition) is 4. The van der Waals surface area contributed by atoms with Crippen LogP contribution in [0.3, 0.4) is 0 Å². The fourth-order valence-electron chi connectivity index (χ4n) is 2.74. The van der Waals surface area contributed by atoms with E-state index in [9.17, 15) is 0 Å². The number of methoxy groups -OCH3 is 1. The Hall–Kier alpha value is -1.88. The van der Waals surface area contributed by atoms with Gasteiger partial charge in [-0.05, 0) is 23.3 Å². The summed E-state index contributed by atoms with van der Waals surface area (Å²) in [6, 6.07) is 18.2. The Kier molecular flexibility index (Phi) is 6.45. The van der Waals surface area contributed by atoms with Crippen molar-refractivity contribution < 1.29 is 18.9 Å². The molecule has 0 aromatic heterocycles. The maximum atomic E-state index is 6.16. The van der Waals surface area contributed by atoms with Gasteiger partial charge in [0.2, 0.25) is 0 Å². The van der Waals surface area contributed by atoms with E-state index in [0.29, 0.717) is 31.8 Å². The lowest BCUT2D eigenvalue weighted by molar-refractivity contribution is -0.0597. The van der Waals surface area contributed by atoms with Gasteiger partial charge in [-0.1, -0.05) is 49.4 Å². The molecule has 0 spiro atoms. The van der Waals surface area contributed by atoms with Gasteiger partial charge in [0.1, 0.15) is 5.75 Å². The van der Waals surface area contributed by atoms with Crippen LogP contribution in [0.15, 0.2) is 54.6 Å². The van der Waals surface area contributed by atoms with Gasteiger partial charge in [-0.15, -0.1) is 0 Å². The molecule has 0 aliphatic carbocycles. The van der Waals surface area contributed by atoms with Crippen LogP contribution in [-0.2, 0) is 27.4 Å². The second-order valence-electron chi connectivity index (χ2n) is 6.43. The van der Waals surface area contributed by atoms with Crippen LogP contribution in [0.5, 0.6) is 5.75 Å². The van der Waals surface area contributed by atoms with Crippen molar-refractivity contribution in [2.24, 2.45) is 5.92 Å². The number of epoxide rings is 1. The highest BCUT2D eigenvalue weighted by molar-refractivity contribution is 5.26. The molecule has 1 aliphatic heterocycles. The largest absolute Gasteiger partial charge is 0.497 e. The molecule has 3 atom stereocenters. The predicted octanol–water partition coefficient (Wildman–Crippen LogP) is 3.83. The lowest BCUT2D eigenvalue weighted by Gasteiger charge is -2.23. The van der Waals surface area contributed by atoms with Crippen molar-refractivity contribution in [2.75, 3.05) is 20.3 Å². The van der Waals surface area contributed by atoms with Gasteiger partial charge in [0, 0.05) is 5.92 Å². The summed E-state index contributed by atoms with van der Waals surface area (Å²) < 4.78 is 22.7. The fourth-order valence-corrected chi connectivity index (χ4v) is 2.74. The third-order valence-electron chi connectivity index (χ3n) is 4.55.